The molecule has 6 heteroatoms. The van der Waals surface area contributed by atoms with Crippen molar-refractivity contribution in [1.29, 1.82) is 0 Å². The fourth-order valence-electron chi connectivity index (χ4n) is 2.99. The van der Waals surface area contributed by atoms with Crippen LogP contribution < -0.4 is 15.4 Å². The van der Waals surface area contributed by atoms with E-state index in [1.807, 2.05) is 39.0 Å². The third-order valence-electron chi connectivity index (χ3n) is 4.41. The summed E-state index contributed by atoms with van der Waals surface area (Å²) in [5, 5.41) is 5.86. The first-order valence-corrected chi connectivity index (χ1v) is 10.5. The lowest BCUT2D eigenvalue weighted by atomic mass is 10.1. The van der Waals surface area contributed by atoms with Gasteiger partial charge < -0.3 is 15.4 Å². The molecule has 1 unspecified atom stereocenters. The molecule has 3 rings (SSSR count). The Kier molecular flexibility index (Phi) is 6.62. The van der Waals surface area contributed by atoms with Gasteiger partial charge in [0.05, 0.1) is 17.5 Å². The van der Waals surface area contributed by atoms with Gasteiger partial charge in [0.2, 0.25) is 5.91 Å². The molecular weight excluding hydrogens is 372 g/mol. The molecule has 28 heavy (non-hydrogen) atoms. The van der Waals surface area contributed by atoms with Crippen molar-refractivity contribution in [2.24, 2.45) is 0 Å². The lowest BCUT2D eigenvalue weighted by molar-refractivity contribution is -0.113. The second-order valence-electron chi connectivity index (χ2n) is 7.27. The molecule has 0 fully saturated rings. The van der Waals surface area contributed by atoms with E-state index >= 15 is 0 Å². The summed E-state index contributed by atoms with van der Waals surface area (Å²) in [5.41, 5.74) is 2.49. The Morgan fingerprint density at radius 2 is 1.93 bits per heavy atom. The van der Waals surface area contributed by atoms with Gasteiger partial charge >= 0.3 is 0 Å². The van der Waals surface area contributed by atoms with Crippen molar-refractivity contribution < 1.29 is 14.3 Å². The minimum Gasteiger partial charge on any atom is -0.491 e. The standard InChI is InChI=1S/C22H26N2O3S/c1-14(2)27-18-9-6-16(7-10-18)5-4-15(3)23-22(26)17-8-11-20-19(12-17)24-21(25)13-28-20/h6-12,14-15H,4-5,13H2,1-3H3,(H,23,26)(H,24,25). The number of nitrogens with one attached hydrogen (secondary N) is 2. The van der Waals surface area contributed by atoms with Gasteiger partial charge in [-0.05, 0) is 69.5 Å². The van der Waals surface area contributed by atoms with Crippen LogP contribution in [0, 0.1) is 0 Å². The van der Waals surface area contributed by atoms with Gasteiger partial charge in [-0.1, -0.05) is 12.1 Å². The lowest BCUT2D eigenvalue weighted by Gasteiger charge is -2.18. The van der Waals surface area contributed by atoms with Crippen LogP contribution in [0.1, 0.15) is 43.1 Å². The minimum absolute atomic E-state index is 0.0340. The molecule has 1 aliphatic rings. The van der Waals surface area contributed by atoms with Crippen molar-refractivity contribution in [2.45, 2.75) is 50.7 Å². The molecule has 5 nitrogen and oxygen atoms in total. The number of thioether (sulfide) groups is 1. The number of carbonyl (C=O) groups is 2. The summed E-state index contributed by atoms with van der Waals surface area (Å²) in [5.74, 6) is 1.13. The van der Waals surface area contributed by atoms with Crippen LogP contribution in [0.15, 0.2) is 47.4 Å². The number of amides is 2. The van der Waals surface area contributed by atoms with Crippen molar-refractivity contribution in [1.82, 2.24) is 5.32 Å². The highest BCUT2D eigenvalue weighted by atomic mass is 32.2. The molecular formula is C22H26N2O3S. The normalized spacial score (nSPS) is 14.2. The molecule has 2 aromatic rings. The van der Waals surface area contributed by atoms with Gasteiger partial charge in [-0.25, -0.2) is 0 Å². The van der Waals surface area contributed by atoms with Crippen LogP contribution in [0.4, 0.5) is 5.69 Å². The summed E-state index contributed by atoms with van der Waals surface area (Å²) in [6.07, 6.45) is 1.88. The summed E-state index contributed by atoms with van der Waals surface area (Å²) >= 11 is 1.49. The summed E-state index contributed by atoms with van der Waals surface area (Å²) in [6.45, 7) is 6.02. The Morgan fingerprint density at radius 1 is 1.18 bits per heavy atom. The van der Waals surface area contributed by atoms with Crippen molar-refractivity contribution in [3.8, 4) is 5.75 Å². The van der Waals surface area contributed by atoms with Crippen molar-refractivity contribution in [3.63, 3.8) is 0 Å². The first-order valence-electron chi connectivity index (χ1n) is 9.54. The van der Waals surface area contributed by atoms with Crippen LogP contribution >= 0.6 is 11.8 Å². The van der Waals surface area contributed by atoms with Gasteiger partial charge in [0.15, 0.2) is 0 Å². The van der Waals surface area contributed by atoms with E-state index in [1.54, 1.807) is 12.1 Å². The molecule has 2 N–H and O–H groups in total. The number of benzene rings is 2. The first kappa shape index (κ1) is 20.3. The van der Waals surface area contributed by atoms with Crippen molar-refractivity contribution in [3.05, 3.63) is 53.6 Å². The van der Waals surface area contributed by atoms with Crippen molar-refractivity contribution in [2.75, 3.05) is 11.1 Å². The number of carbonyl (C=O) groups excluding carboxylic acids is 2. The van der Waals surface area contributed by atoms with Gasteiger partial charge in [0, 0.05) is 16.5 Å². The van der Waals surface area contributed by atoms with E-state index in [9.17, 15) is 9.59 Å². The molecule has 2 aromatic carbocycles. The van der Waals surface area contributed by atoms with E-state index in [2.05, 4.69) is 22.8 Å². The fraction of sp³-hybridized carbons (Fsp3) is 0.364. The van der Waals surface area contributed by atoms with Crippen LogP contribution in [0.2, 0.25) is 0 Å². The molecule has 148 valence electrons. The lowest BCUT2D eigenvalue weighted by Crippen LogP contribution is -2.33. The Bertz CT molecular complexity index is 849. The topological polar surface area (TPSA) is 67.4 Å². The average Bonchev–Trinajstić information content (AvgIpc) is 2.66. The van der Waals surface area contributed by atoms with E-state index in [-0.39, 0.29) is 24.0 Å². The zero-order valence-corrected chi connectivity index (χ0v) is 17.3. The maximum absolute atomic E-state index is 12.5. The fourth-order valence-corrected chi connectivity index (χ4v) is 3.78. The highest BCUT2D eigenvalue weighted by Gasteiger charge is 2.18. The van der Waals surface area contributed by atoms with E-state index in [0.717, 1.165) is 23.5 Å². The number of hydrogen-bond acceptors (Lipinski definition) is 4. The number of ether oxygens (including phenoxy) is 1. The number of anilines is 1. The number of fused-ring (bicyclic) bond motifs is 1. The average molecular weight is 399 g/mol. The first-order chi connectivity index (χ1) is 13.4. The monoisotopic (exact) mass is 398 g/mol. The molecule has 1 heterocycles. The Morgan fingerprint density at radius 3 is 2.64 bits per heavy atom. The third kappa shape index (κ3) is 5.52. The molecule has 0 aromatic heterocycles. The zero-order valence-electron chi connectivity index (χ0n) is 16.5. The van der Waals surface area contributed by atoms with Crippen LogP contribution in [0.3, 0.4) is 0 Å². The Labute approximate surface area is 170 Å². The van der Waals surface area contributed by atoms with E-state index in [4.69, 9.17) is 4.74 Å². The van der Waals surface area contributed by atoms with Crippen molar-refractivity contribution >= 4 is 29.3 Å². The SMILES string of the molecule is CC(CCc1ccc(OC(C)C)cc1)NC(=O)c1ccc2c(c1)NC(=O)CS2. The van der Waals surface area contributed by atoms with Gasteiger partial charge in [0.1, 0.15) is 5.75 Å². The van der Waals surface area contributed by atoms with Crippen LogP contribution in [0.5, 0.6) is 5.75 Å². The van der Waals surface area contributed by atoms with Gasteiger partial charge in [-0.2, -0.15) is 0 Å². The molecule has 1 atom stereocenters. The molecule has 0 saturated heterocycles. The second kappa shape index (κ2) is 9.15. The molecule has 0 bridgehead atoms. The van der Waals surface area contributed by atoms with E-state index < -0.39 is 0 Å². The quantitative estimate of drug-likeness (QED) is 0.731. The van der Waals surface area contributed by atoms with E-state index in [0.29, 0.717) is 17.0 Å². The largest absolute Gasteiger partial charge is 0.491 e. The predicted octanol–water partition coefficient (Wildman–Crippen LogP) is 4.27. The summed E-state index contributed by atoms with van der Waals surface area (Å²) in [4.78, 5) is 25.1. The second-order valence-corrected chi connectivity index (χ2v) is 8.29. The summed E-state index contributed by atoms with van der Waals surface area (Å²) < 4.78 is 5.66. The molecule has 0 spiro atoms. The maximum atomic E-state index is 12.5. The molecule has 0 radical (unpaired) electrons. The number of aryl methyl sites for hydroxylation is 1. The highest BCUT2D eigenvalue weighted by molar-refractivity contribution is 8.00. The molecule has 0 aliphatic carbocycles. The summed E-state index contributed by atoms with van der Waals surface area (Å²) in [6, 6.07) is 13.6. The number of rotatable bonds is 7. The zero-order chi connectivity index (χ0) is 20.1. The predicted molar refractivity (Wildman–Crippen MR) is 113 cm³/mol. The van der Waals surface area contributed by atoms with Crippen LogP contribution in [-0.4, -0.2) is 29.7 Å². The highest BCUT2D eigenvalue weighted by Crippen LogP contribution is 2.32. The van der Waals surface area contributed by atoms with Gasteiger partial charge in [-0.15, -0.1) is 11.8 Å². The van der Waals surface area contributed by atoms with Gasteiger partial charge in [0.25, 0.3) is 5.91 Å². The van der Waals surface area contributed by atoms with Crippen LogP contribution in [0.25, 0.3) is 0 Å². The van der Waals surface area contributed by atoms with Gasteiger partial charge in [-0.3, -0.25) is 9.59 Å². The molecule has 1 aliphatic heterocycles. The third-order valence-corrected chi connectivity index (χ3v) is 5.49. The van der Waals surface area contributed by atoms with Crippen LogP contribution in [-0.2, 0) is 11.2 Å². The maximum Gasteiger partial charge on any atom is 0.251 e. The molecule has 0 saturated carbocycles. The Balaban J connectivity index is 1.52. The molecule has 2 amide bonds. The minimum atomic E-state index is -0.124. The van der Waals surface area contributed by atoms with E-state index in [1.165, 1.54) is 17.3 Å². The smallest absolute Gasteiger partial charge is 0.251 e. The summed E-state index contributed by atoms with van der Waals surface area (Å²) in [7, 11) is 0. The number of hydrogen-bond donors (Lipinski definition) is 2. The Hall–Kier alpha value is -2.47.